The van der Waals surface area contributed by atoms with Crippen molar-refractivity contribution in [3.8, 4) is 5.69 Å². The SMILES string of the molecule is Cc1ccccc1-n1c(N)nc2ccccc2c1=O. The van der Waals surface area contributed by atoms with Gasteiger partial charge in [0.05, 0.1) is 16.6 Å². The fourth-order valence-corrected chi connectivity index (χ4v) is 2.20. The van der Waals surface area contributed by atoms with E-state index in [-0.39, 0.29) is 11.5 Å². The smallest absolute Gasteiger partial charge is 0.267 e. The van der Waals surface area contributed by atoms with Crippen LogP contribution in [-0.4, -0.2) is 9.55 Å². The van der Waals surface area contributed by atoms with E-state index in [0.717, 1.165) is 11.3 Å². The molecule has 0 fully saturated rings. The highest BCUT2D eigenvalue weighted by atomic mass is 16.1. The van der Waals surface area contributed by atoms with Crippen molar-refractivity contribution in [1.82, 2.24) is 9.55 Å². The van der Waals surface area contributed by atoms with Crippen LogP contribution < -0.4 is 11.3 Å². The topological polar surface area (TPSA) is 60.9 Å². The maximum atomic E-state index is 12.5. The Balaban J connectivity index is 2.43. The number of nitrogen functional groups attached to an aromatic ring is 1. The molecular weight excluding hydrogens is 238 g/mol. The van der Waals surface area contributed by atoms with Crippen LogP contribution in [0.15, 0.2) is 53.3 Å². The van der Waals surface area contributed by atoms with E-state index in [2.05, 4.69) is 4.98 Å². The Morgan fingerprint density at radius 1 is 1.05 bits per heavy atom. The molecule has 0 spiro atoms. The molecule has 2 N–H and O–H groups in total. The van der Waals surface area contributed by atoms with Gasteiger partial charge in [0.2, 0.25) is 5.95 Å². The monoisotopic (exact) mass is 251 g/mol. The van der Waals surface area contributed by atoms with Crippen LogP contribution in [0.4, 0.5) is 5.95 Å². The van der Waals surface area contributed by atoms with E-state index >= 15 is 0 Å². The summed E-state index contributed by atoms with van der Waals surface area (Å²) in [5.74, 6) is 0.206. The first-order valence-electron chi connectivity index (χ1n) is 6.02. The first-order valence-corrected chi connectivity index (χ1v) is 6.02. The molecule has 94 valence electrons. The summed E-state index contributed by atoms with van der Waals surface area (Å²) in [6, 6.07) is 14.8. The van der Waals surface area contributed by atoms with E-state index in [0.29, 0.717) is 10.9 Å². The first kappa shape index (κ1) is 11.5. The van der Waals surface area contributed by atoms with Gasteiger partial charge in [-0.3, -0.25) is 4.79 Å². The Morgan fingerprint density at radius 3 is 2.53 bits per heavy atom. The summed E-state index contributed by atoms with van der Waals surface area (Å²) < 4.78 is 1.46. The Bertz CT molecular complexity index is 821. The predicted octanol–water partition coefficient (Wildman–Crippen LogP) is 2.28. The molecule has 0 radical (unpaired) electrons. The lowest BCUT2D eigenvalue weighted by Crippen LogP contribution is -2.23. The van der Waals surface area contributed by atoms with Crippen molar-refractivity contribution in [2.75, 3.05) is 5.73 Å². The first-order chi connectivity index (χ1) is 9.18. The maximum absolute atomic E-state index is 12.5. The van der Waals surface area contributed by atoms with Gasteiger partial charge < -0.3 is 5.73 Å². The van der Waals surface area contributed by atoms with Crippen molar-refractivity contribution in [1.29, 1.82) is 0 Å². The summed E-state index contributed by atoms with van der Waals surface area (Å²) in [6.45, 7) is 1.94. The Hall–Kier alpha value is -2.62. The van der Waals surface area contributed by atoms with Gasteiger partial charge in [0.15, 0.2) is 0 Å². The van der Waals surface area contributed by atoms with Crippen LogP contribution >= 0.6 is 0 Å². The molecule has 1 aromatic heterocycles. The summed E-state index contributed by atoms with van der Waals surface area (Å²) in [7, 11) is 0. The van der Waals surface area contributed by atoms with E-state index in [1.54, 1.807) is 12.1 Å². The molecule has 3 aromatic rings. The minimum Gasteiger partial charge on any atom is -0.369 e. The maximum Gasteiger partial charge on any atom is 0.267 e. The summed E-state index contributed by atoms with van der Waals surface area (Å²) in [5, 5.41) is 0.569. The second-order valence-electron chi connectivity index (χ2n) is 4.41. The number of para-hydroxylation sites is 2. The number of fused-ring (bicyclic) bond motifs is 1. The summed E-state index contributed by atoms with van der Waals surface area (Å²) in [6.07, 6.45) is 0. The molecule has 0 atom stereocenters. The molecule has 1 heterocycles. The van der Waals surface area contributed by atoms with Crippen LogP contribution in [0.25, 0.3) is 16.6 Å². The summed E-state index contributed by atoms with van der Waals surface area (Å²) in [4.78, 5) is 16.8. The van der Waals surface area contributed by atoms with Crippen molar-refractivity contribution in [3.05, 3.63) is 64.4 Å². The summed E-state index contributed by atoms with van der Waals surface area (Å²) in [5.41, 5.74) is 8.17. The normalized spacial score (nSPS) is 10.8. The van der Waals surface area contributed by atoms with Crippen LogP contribution in [0, 0.1) is 6.92 Å². The minimum absolute atomic E-state index is 0.141. The van der Waals surface area contributed by atoms with E-state index in [1.807, 2.05) is 43.3 Å². The molecule has 0 unspecified atom stereocenters. The molecule has 4 nitrogen and oxygen atoms in total. The molecule has 0 saturated heterocycles. The largest absolute Gasteiger partial charge is 0.369 e. The van der Waals surface area contributed by atoms with Crippen LogP contribution in [0.2, 0.25) is 0 Å². The van der Waals surface area contributed by atoms with Crippen LogP contribution in [0.1, 0.15) is 5.56 Å². The van der Waals surface area contributed by atoms with E-state index in [1.165, 1.54) is 4.57 Å². The Kier molecular flexibility index (Phi) is 2.56. The molecule has 0 bridgehead atoms. The van der Waals surface area contributed by atoms with Gasteiger partial charge in [-0.2, -0.15) is 0 Å². The van der Waals surface area contributed by atoms with Gasteiger partial charge in [-0.1, -0.05) is 30.3 Å². The zero-order valence-corrected chi connectivity index (χ0v) is 10.5. The van der Waals surface area contributed by atoms with E-state index in [9.17, 15) is 4.79 Å². The highest BCUT2D eigenvalue weighted by Crippen LogP contribution is 2.16. The van der Waals surface area contributed by atoms with Crippen molar-refractivity contribution < 1.29 is 0 Å². The van der Waals surface area contributed by atoms with Crippen molar-refractivity contribution in [2.45, 2.75) is 6.92 Å². The van der Waals surface area contributed by atoms with Gasteiger partial charge >= 0.3 is 0 Å². The van der Waals surface area contributed by atoms with Crippen LogP contribution in [0.3, 0.4) is 0 Å². The number of benzene rings is 2. The van der Waals surface area contributed by atoms with E-state index < -0.39 is 0 Å². The van der Waals surface area contributed by atoms with Gasteiger partial charge in [-0.25, -0.2) is 9.55 Å². The third kappa shape index (κ3) is 1.78. The summed E-state index contributed by atoms with van der Waals surface area (Å²) >= 11 is 0. The molecule has 0 amide bonds. The highest BCUT2D eigenvalue weighted by molar-refractivity contribution is 5.79. The third-order valence-corrected chi connectivity index (χ3v) is 3.16. The Labute approximate surface area is 110 Å². The zero-order valence-electron chi connectivity index (χ0n) is 10.5. The second-order valence-corrected chi connectivity index (χ2v) is 4.41. The number of aryl methyl sites for hydroxylation is 1. The number of aromatic nitrogens is 2. The number of hydrogen-bond donors (Lipinski definition) is 1. The molecule has 0 aliphatic rings. The lowest BCUT2D eigenvalue weighted by Gasteiger charge is -2.12. The number of rotatable bonds is 1. The van der Waals surface area contributed by atoms with Crippen LogP contribution in [0.5, 0.6) is 0 Å². The van der Waals surface area contributed by atoms with Gasteiger partial charge in [0.1, 0.15) is 0 Å². The lowest BCUT2D eigenvalue weighted by molar-refractivity contribution is 0.971. The van der Waals surface area contributed by atoms with Gasteiger partial charge in [0, 0.05) is 0 Å². The van der Waals surface area contributed by atoms with Gasteiger partial charge in [-0.15, -0.1) is 0 Å². The molecule has 2 aromatic carbocycles. The van der Waals surface area contributed by atoms with Crippen molar-refractivity contribution >= 4 is 16.9 Å². The molecule has 4 heteroatoms. The van der Waals surface area contributed by atoms with Gasteiger partial charge in [-0.05, 0) is 30.7 Å². The van der Waals surface area contributed by atoms with Crippen LogP contribution in [-0.2, 0) is 0 Å². The predicted molar refractivity (Wildman–Crippen MR) is 76.5 cm³/mol. The number of nitrogens with two attached hydrogens (primary N) is 1. The van der Waals surface area contributed by atoms with Crippen molar-refractivity contribution in [3.63, 3.8) is 0 Å². The van der Waals surface area contributed by atoms with Crippen molar-refractivity contribution in [2.24, 2.45) is 0 Å². The number of hydrogen-bond acceptors (Lipinski definition) is 3. The molecule has 19 heavy (non-hydrogen) atoms. The number of anilines is 1. The lowest BCUT2D eigenvalue weighted by atomic mass is 10.2. The zero-order chi connectivity index (χ0) is 13.4. The highest BCUT2D eigenvalue weighted by Gasteiger charge is 2.11. The number of nitrogens with zero attached hydrogens (tertiary/aromatic N) is 2. The second kappa shape index (κ2) is 4.24. The molecule has 0 aliphatic heterocycles. The van der Waals surface area contributed by atoms with Gasteiger partial charge in [0.25, 0.3) is 5.56 Å². The molecular formula is C15H13N3O. The quantitative estimate of drug-likeness (QED) is 0.721. The molecule has 0 aliphatic carbocycles. The third-order valence-electron chi connectivity index (χ3n) is 3.16. The average molecular weight is 251 g/mol. The fraction of sp³-hybridized carbons (Fsp3) is 0.0667. The van der Waals surface area contributed by atoms with E-state index in [4.69, 9.17) is 5.73 Å². The molecule has 0 saturated carbocycles. The fourth-order valence-electron chi connectivity index (χ4n) is 2.20. The Morgan fingerprint density at radius 2 is 1.74 bits per heavy atom. The molecule has 3 rings (SSSR count). The minimum atomic E-state index is -0.141. The average Bonchev–Trinajstić information content (AvgIpc) is 2.41. The standard InChI is InChI=1S/C15H13N3O/c1-10-6-2-5-9-13(10)18-14(19)11-7-3-4-8-12(11)17-15(18)16/h2-9H,1H3,(H2,16,17).